The van der Waals surface area contributed by atoms with Crippen molar-refractivity contribution in [2.75, 3.05) is 13.9 Å². The van der Waals surface area contributed by atoms with Gasteiger partial charge in [-0.05, 0) is 45.4 Å². The minimum atomic E-state index is -0.639. The molecule has 0 radical (unpaired) electrons. The average Bonchev–Trinajstić information content (AvgIpc) is 3.07. The number of hydrogen-bond donors (Lipinski definition) is 1. The molecule has 144 valence electrons. The molecule has 0 aliphatic carbocycles. The molecule has 1 aromatic rings. The molecule has 0 saturated carbocycles. The number of nitrogens with one attached hydrogen (secondary N) is 1. The van der Waals surface area contributed by atoms with Crippen molar-refractivity contribution in [1.82, 2.24) is 5.32 Å². The number of fused-ring (bicyclic) bond motifs is 1. The number of hydrogen-bond acceptors (Lipinski definition) is 7. The SMILES string of the molecule is COC(=O)C1=C(C)NC(C)=C(C(=O)OC(C)C)C1c1ccc2c(c1)OCO2. The van der Waals surface area contributed by atoms with Gasteiger partial charge in [0.25, 0.3) is 0 Å². The third-order valence-electron chi connectivity index (χ3n) is 4.46. The van der Waals surface area contributed by atoms with E-state index in [2.05, 4.69) is 5.32 Å². The fourth-order valence-corrected chi connectivity index (χ4v) is 3.35. The van der Waals surface area contributed by atoms with Gasteiger partial charge in [-0.1, -0.05) is 6.07 Å². The number of methoxy groups -OCH3 is 1. The molecular formula is C20H23NO6. The Morgan fingerprint density at radius 2 is 1.70 bits per heavy atom. The Kier molecular flexibility index (Phi) is 5.12. The zero-order valence-corrected chi connectivity index (χ0v) is 16.0. The number of esters is 2. The van der Waals surface area contributed by atoms with Crippen molar-refractivity contribution in [2.45, 2.75) is 39.7 Å². The van der Waals surface area contributed by atoms with E-state index in [0.29, 0.717) is 34.0 Å². The molecule has 2 aliphatic rings. The number of dihydropyridines is 1. The molecule has 1 N–H and O–H groups in total. The first kappa shape index (κ1) is 18.8. The summed E-state index contributed by atoms with van der Waals surface area (Å²) in [6.07, 6.45) is -0.288. The van der Waals surface area contributed by atoms with Crippen LogP contribution in [0.3, 0.4) is 0 Å². The molecule has 2 aliphatic heterocycles. The van der Waals surface area contributed by atoms with Crippen molar-refractivity contribution in [2.24, 2.45) is 0 Å². The van der Waals surface area contributed by atoms with Crippen LogP contribution in [0.4, 0.5) is 0 Å². The fraction of sp³-hybridized carbons (Fsp3) is 0.400. The number of carbonyl (C=O) groups is 2. The number of carbonyl (C=O) groups excluding carboxylic acids is 2. The molecule has 1 atom stereocenters. The highest BCUT2D eigenvalue weighted by molar-refractivity contribution is 6.00. The lowest BCUT2D eigenvalue weighted by molar-refractivity contribution is -0.143. The molecule has 0 aromatic heterocycles. The summed E-state index contributed by atoms with van der Waals surface area (Å²) in [5.41, 5.74) is 2.71. The van der Waals surface area contributed by atoms with Crippen molar-refractivity contribution >= 4 is 11.9 Å². The quantitative estimate of drug-likeness (QED) is 0.813. The number of rotatable bonds is 4. The van der Waals surface area contributed by atoms with Crippen LogP contribution < -0.4 is 14.8 Å². The summed E-state index contributed by atoms with van der Waals surface area (Å²) in [7, 11) is 1.32. The summed E-state index contributed by atoms with van der Waals surface area (Å²) in [5.74, 6) is -0.432. The maximum Gasteiger partial charge on any atom is 0.337 e. The van der Waals surface area contributed by atoms with E-state index in [4.69, 9.17) is 18.9 Å². The molecule has 0 bridgehead atoms. The topological polar surface area (TPSA) is 83.1 Å². The van der Waals surface area contributed by atoms with Gasteiger partial charge in [-0.25, -0.2) is 9.59 Å². The molecular weight excluding hydrogens is 350 g/mol. The minimum absolute atomic E-state index is 0.140. The molecule has 0 saturated heterocycles. The molecule has 0 fully saturated rings. The van der Waals surface area contributed by atoms with Gasteiger partial charge in [0.1, 0.15) is 0 Å². The first-order valence-electron chi connectivity index (χ1n) is 8.70. The summed E-state index contributed by atoms with van der Waals surface area (Å²) < 4.78 is 21.2. The van der Waals surface area contributed by atoms with E-state index in [9.17, 15) is 9.59 Å². The lowest BCUT2D eigenvalue weighted by atomic mass is 9.80. The molecule has 3 rings (SSSR count). The van der Waals surface area contributed by atoms with Gasteiger partial charge < -0.3 is 24.3 Å². The van der Waals surface area contributed by atoms with Gasteiger partial charge in [0.15, 0.2) is 11.5 Å². The maximum absolute atomic E-state index is 12.8. The van der Waals surface area contributed by atoms with Crippen LogP contribution in [0.2, 0.25) is 0 Å². The maximum atomic E-state index is 12.8. The van der Waals surface area contributed by atoms with Crippen LogP contribution in [-0.2, 0) is 19.1 Å². The van der Waals surface area contributed by atoms with E-state index in [-0.39, 0.29) is 12.9 Å². The lowest BCUT2D eigenvalue weighted by Gasteiger charge is -2.30. The van der Waals surface area contributed by atoms with Gasteiger partial charge in [-0.2, -0.15) is 0 Å². The van der Waals surface area contributed by atoms with Gasteiger partial charge >= 0.3 is 11.9 Å². The van der Waals surface area contributed by atoms with Crippen molar-refractivity contribution in [1.29, 1.82) is 0 Å². The highest BCUT2D eigenvalue weighted by Crippen LogP contribution is 2.43. The summed E-state index contributed by atoms with van der Waals surface area (Å²) in [6, 6.07) is 5.37. The highest BCUT2D eigenvalue weighted by Gasteiger charge is 2.38. The van der Waals surface area contributed by atoms with E-state index in [1.54, 1.807) is 39.8 Å². The van der Waals surface area contributed by atoms with Gasteiger partial charge in [0, 0.05) is 11.4 Å². The van der Waals surface area contributed by atoms with Crippen molar-refractivity contribution in [3.05, 3.63) is 46.3 Å². The normalized spacial score (nSPS) is 18.5. The first-order chi connectivity index (χ1) is 12.8. The molecule has 7 heteroatoms. The molecule has 0 spiro atoms. The zero-order chi connectivity index (χ0) is 19.7. The second-order valence-corrected chi connectivity index (χ2v) is 6.69. The van der Waals surface area contributed by atoms with Gasteiger partial charge in [0.2, 0.25) is 6.79 Å². The van der Waals surface area contributed by atoms with Crippen LogP contribution in [0.1, 0.15) is 39.2 Å². The number of allylic oxidation sites excluding steroid dienone is 2. The van der Waals surface area contributed by atoms with Crippen LogP contribution in [0.15, 0.2) is 40.7 Å². The Bertz CT molecular complexity index is 852. The first-order valence-corrected chi connectivity index (χ1v) is 8.70. The second-order valence-electron chi connectivity index (χ2n) is 6.69. The predicted molar refractivity (Wildman–Crippen MR) is 97.1 cm³/mol. The minimum Gasteiger partial charge on any atom is -0.466 e. The summed E-state index contributed by atoms with van der Waals surface area (Å²) in [4.78, 5) is 25.4. The second kappa shape index (κ2) is 7.34. The fourth-order valence-electron chi connectivity index (χ4n) is 3.35. The van der Waals surface area contributed by atoms with Gasteiger partial charge in [-0.3, -0.25) is 0 Å². The smallest absolute Gasteiger partial charge is 0.337 e. The van der Waals surface area contributed by atoms with Crippen LogP contribution in [0, 0.1) is 0 Å². The Labute approximate surface area is 157 Å². The van der Waals surface area contributed by atoms with Crippen LogP contribution >= 0.6 is 0 Å². The third-order valence-corrected chi connectivity index (χ3v) is 4.46. The molecule has 27 heavy (non-hydrogen) atoms. The van der Waals surface area contributed by atoms with E-state index in [0.717, 1.165) is 5.56 Å². The van der Waals surface area contributed by atoms with Gasteiger partial charge in [-0.15, -0.1) is 0 Å². The Hall–Kier alpha value is -2.96. The Balaban J connectivity index is 2.15. The predicted octanol–water partition coefficient (Wildman–Crippen LogP) is 2.77. The van der Waals surface area contributed by atoms with E-state index in [1.807, 2.05) is 6.07 Å². The van der Waals surface area contributed by atoms with Crippen LogP contribution in [-0.4, -0.2) is 31.9 Å². The highest BCUT2D eigenvalue weighted by atomic mass is 16.7. The van der Waals surface area contributed by atoms with Crippen LogP contribution in [0.5, 0.6) is 11.5 Å². The largest absolute Gasteiger partial charge is 0.466 e. The Morgan fingerprint density at radius 1 is 1.07 bits per heavy atom. The van der Waals surface area contributed by atoms with Crippen LogP contribution in [0.25, 0.3) is 0 Å². The lowest BCUT2D eigenvalue weighted by Crippen LogP contribution is -2.32. The van der Waals surface area contributed by atoms with Crippen molar-refractivity contribution in [3.63, 3.8) is 0 Å². The van der Waals surface area contributed by atoms with E-state index in [1.165, 1.54) is 7.11 Å². The van der Waals surface area contributed by atoms with Crippen molar-refractivity contribution < 1.29 is 28.5 Å². The third kappa shape index (κ3) is 3.49. The zero-order valence-electron chi connectivity index (χ0n) is 16.0. The monoisotopic (exact) mass is 373 g/mol. The van der Waals surface area contributed by atoms with E-state index >= 15 is 0 Å². The number of benzene rings is 1. The Morgan fingerprint density at radius 3 is 2.33 bits per heavy atom. The molecule has 1 aromatic carbocycles. The summed E-state index contributed by atoms with van der Waals surface area (Å²) in [5, 5.41) is 3.10. The molecule has 7 nitrogen and oxygen atoms in total. The molecule has 1 unspecified atom stereocenters. The number of ether oxygens (including phenoxy) is 4. The van der Waals surface area contributed by atoms with Crippen molar-refractivity contribution in [3.8, 4) is 11.5 Å². The standard InChI is InChI=1S/C20H23NO6/c1-10(2)27-20(23)17-12(4)21-11(3)16(19(22)24-5)18(17)13-6-7-14-15(8-13)26-9-25-14/h6-8,10,18,21H,9H2,1-5H3. The van der Waals surface area contributed by atoms with E-state index < -0.39 is 17.9 Å². The molecule has 2 heterocycles. The molecule has 0 amide bonds. The summed E-state index contributed by atoms with van der Waals surface area (Å²) in [6.45, 7) is 7.26. The average molecular weight is 373 g/mol. The summed E-state index contributed by atoms with van der Waals surface area (Å²) >= 11 is 0. The van der Waals surface area contributed by atoms with Gasteiger partial charge in [0.05, 0.1) is 30.3 Å².